The van der Waals surface area contributed by atoms with E-state index in [4.69, 9.17) is 0 Å². The van der Waals surface area contributed by atoms with E-state index in [1.807, 2.05) is 0 Å². The molecule has 0 amide bonds. The van der Waals surface area contributed by atoms with Crippen molar-refractivity contribution >= 4 is 0 Å². The van der Waals surface area contributed by atoms with Crippen LogP contribution in [0.25, 0.3) is 0 Å². The molecular weight excluding hydrogens is 212 g/mol. The van der Waals surface area contributed by atoms with Crippen LogP contribution in [0.4, 0.5) is 0 Å². The lowest BCUT2D eigenvalue weighted by Crippen LogP contribution is -2.06. The van der Waals surface area contributed by atoms with Crippen LogP contribution in [0.2, 0.25) is 0 Å². The van der Waals surface area contributed by atoms with Gasteiger partial charge in [-0.15, -0.1) is 0 Å². The predicted molar refractivity (Wildman–Crippen MR) is 71.5 cm³/mol. The van der Waals surface area contributed by atoms with Crippen molar-refractivity contribution in [3.63, 3.8) is 0 Å². The third-order valence-electron chi connectivity index (χ3n) is 3.57. The zero-order valence-corrected chi connectivity index (χ0v) is 11.1. The Morgan fingerprint density at radius 3 is 2.12 bits per heavy atom. The first-order valence-electron chi connectivity index (χ1n) is 6.57. The largest absolute Gasteiger partial charge is 0.508 e. The molecule has 2 N–H and O–H groups in total. The van der Waals surface area contributed by atoms with Crippen molar-refractivity contribution in [2.24, 2.45) is 5.92 Å². The zero-order valence-electron chi connectivity index (χ0n) is 11.1. The quantitative estimate of drug-likeness (QED) is 0.718. The van der Waals surface area contributed by atoms with Gasteiger partial charge in [-0.25, -0.2) is 0 Å². The molecule has 1 aromatic rings. The van der Waals surface area contributed by atoms with Crippen molar-refractivity contribution in [3.8, 4) is 11.5 Å². The summed E-state index contributed by atoms with van der Waals surface area (Å²) in [7, 11) is 0. The summed E-state index contributed by atoms with van der Waals surface area (Å²) in [5.41, 5.74) is 1.02. The van der Waals surface area contributed by atoms with Crippen LogP contribution in [0.3, 0.4) is 0 Å². The van der Waals surface area contributed by atoms with Crippen LogP contribution in [0, 0.1) is 5.92 Å². The molecule has 0 aliphatic rings. The van der Waals surface area contributed by atoms with Crippen molar-refractivity contribution in [1.82, 2.24) is 0 Å². The monoisotopic (exact) mass is 236 g/mol. The Kier molecular flexibility index (Phi) is 5.33. The van der Waals surface area contributed by atoms with Crippen LogP contribution in [-0.2, 0) is 0 Å². The number of rotatable bonds is 6. The van der Waals surface area contributed by atoms with Gasteiger partial charge in [-0.2, -0.15) is 0 Å². The maximum Gasteiger partial charge on any atom is 0.119 e. The zero-order chi connectivity index (χ0) is 12.8. The van der Waals surface area contributed by atoms with Gasteiger partial charge < -0.3 is 10.2 Å². The van der Waals surface area contributed by atoms with E-state index in [1.54, 1.807) is 12.1 Å². The number of unbranched alkanes of at least 4 members (excludes halogenated alkanes) is 2. The number of aromatic hydroxyl groups is 2. The van der Waals surface area contributed by atoms with Crippen LogP contribution in [0.1, 0.15) is 57.9 Å². The molecule has 1 aromatic carbocycles. The Labute approximate surface area is 104 Å². The van der Waals surface area contributed by atoms with Crippen LogP contribution < -0.4 is 0 Å². The van der Waals surface area contributed by atoms with Gasteiger partial charge in [-0.05, 0) is 29.5 Å². The van der Waals surface area contributed by atoms with Gasteiger partial charge in [0.15, 0.2) is 0 Å². The van der Waals surface area contributed by atoms with Gasteiger partial charge in [0.1, 0.15) is 11.5 Å². The number of phenolic OH excluding ortho intramolecular Hbond substituents is 2. The minimum atomic E-state index is 0.146. The van der Waals surface area contributed by atoms with Crippen LogP contribution in [0.15, 0.2) is 18.2 Å². The molecule has 1 rings (SSSR count). The van der Waals surface area contributed by atoms with Gasteiger partial charge >= 0.3 is 0 Å². The lowest BCUT2D eigenvalue weighted by Gasteiger charge is -2.20. The fourth-order valence-electron chi connectivity index (χ4n) is 2.18. The fourth-order valence-corrected chi connectivity index (χ4v) is 2.18. The molecule has 2 atom stereocenters. The van der Waals surface area contributed by atoms with Crippen molar-refractivity contribution in [2.75, 3.05) is 0 Å². The highest BCUT2D eigenvalue weighted by molar-refractivity contribution is 5.38. The summed E-state index contributed by atoms with van der Waals surface area (Å²) in [5.74, 6) is 1.23. The average molecular weight is 236 g/mol. The van der Waals surface area contributed by atoms with E-state index in [2.05, 4.69) is 20.8 Å². The van der Waals surface area contributed by atoms with E-state index in [-0.39, 0.29) is 11.5 Å². The summed E-state index contributed by atoms with van der Waals surface area (Å²) < 4.78 is 0. The van der Waals surface area contributed by atoms with Gasteiger partial charge in [0.2, 0.25) is 0 Å². The SMILES string of the molecule is CCCCC[C@@H](C)[C@H](C)c1cc(O)cc(O)c1. The molecule has 17 heavy (non-hydrogen) atoms. The molecule has 0 aromatic heterocycles. The first kappa shape index (κ1) is 13.9. The highest BCUT2D eigenvalue weighted by Crippen LogP contribution is 2.32. The minimum absolute atomic E-state index is 0.146. The lowest BCUT2D eigenvalue weighted by molar-refractivity contribution is 0.420. The second kappa shape index (κ2) is 6.53. The van der Waals surface area contributed by atoms with Gasteiger partial charge in [0, 0.05) is 6.07 Å². The molecule has 0 saturated heterocycles. The lowest BCUT2D eigenvalue weighted by atomic mass is 9.85. The molecule has 0 fully saturated rings. The summed E-state index contributed by atoms with van der Waals surface area (Å²) in [6.45, 7) is 6.60. The van der Waals surface area contributed by atoms with E-state index in [0.717, 1.165) is 5.56 Å². The molecule has 96 valence electrons. The van der Waals surface area contributed by atoms with Gasteiger partial charge in [-0.1, -0.05) is 46.5 Å². The van der Waals surface area contributed by atoms with E-state index < -0.39 is 0 Å². The average Bonchev–Trinajstić information content (AvgIpc) is 2.27. The molecular formula is C15H24O2. The smallest absolute Gasteiger partial charge is 0.119 e. The molecule has 2 heteroatoms. The van der Waals surface area contributed by atoms with Crippen molar-refractivity contribution in [2.45, 2.75) is 52.4 Å². The van der Waals surface area contributed by atoms with Gasteiger partial charge in [-0.3, -0.25) is 0 Å². The van der Waals surface area contributed by atoms with E-state index in [0.29, 0.717) is 11.8 Å². The fraction of sp³-hybridized carbons (Fsp3) is 0.600. The first-order chi connectivity index (χ1) is 8.04. The summed E-state index contributed by atoms with van der Waals surface area (Å²) in [5, 5.41) is 19.0. The van der Waals surface area contributed by atoms with Gasteiger partial charge in [0.25, 0.3) is 0 Å². The predicted octanol–water partition coefficient (Wildman–Crippen LogP) is 4.42. The Morgan fingerprint density at radius 1 is 1.00 bits per heavy atom. The molecule has 0 unspecified atom stereocenters. The summed E-state index contributed by atoms with van der Waals surface area (Å²) >= 11 is 0. The Morgan fingerprint density at radius 2 is 1.59 bits per heavy atom. The molecule has 0 radical (unpaired) electrons. The molecule has 0 bridgehead atoms. The third kappa shape index (κ3) is 4.29. The maximum absolute atomic E-state index is 9.48. The Balaban J connectivity index is 2.64. The second-order valence-corrected chi connectivity index (χ2v) is 5.04. The van der Waals surface area contributed by atoms with E-state index in [1.165, 1.54) is 31.7 Å². The number of hydrogen-bond acceptors (Lipinski definition) is 2. The van der Waals surface area contributed by atoms with Crippen LogP contribution in [-0.4, -0.2) is 10.2 Å². The van der Waals surface area contributed by atoms with Crippen LogP contribution >= 0.6 is 0 Å². The van der Waals surface area contributed by atoms with Crippen molar-refractivity contribution < 1.29 is 10.2 Å². The van der Waals surface area contributed by atoms with Crippen LogP contribution in [0.5, 0.6) is 11.5 Å². The molecule has 0 aliphatic carbocycles. The Hall–Kier alpha value is -1.18. The number of phenols is 2. The third-order valence-corrected chi connectivity index (χ3v) is 3.57. The summed E-state index contributed by atoms with van der Waals surface area (Å²) in [6.07, 6.45) is 4.98. The first-order valence-corrected chi connectivity index (χ1v) is 6.57. The van der Waals surface area contributed by atoms with E-state index >= 15 is 0 Å². The minimum Gasteiger partial charge on any atom is -0.508 e. The molecule has 0 aliphatic heterocycles. The molecule has 2 nitrogen and oxygen atoms in total. The standard InChI is InChI=1S/C15H24O2/c1-4-5-6-7-11(2)12(3)13-8-14(16)10-15(17)9-13/h8-12,16-17H,4-7H2,1-3H3/t11-,12+/m1/s1. The topological polar surface area (TPSA) is 40.5 Å². The number of hydrogen-bond donors (Lipinski definition) is 2. The summed E-state index contributed by atoms with van der Waals surface area (Å²) in [6, 6.07) is 4.87. The second-order valence-electron chi connectivity index (χ2n) is 5.04. The molecule has 0 spiro atoms. The summed E-state index contributed by atoms with van der Waals surface area (Å²) in [4.78, 5) is 0. The normalized spacial score (nSPS) is 14.5. The van der Waals surface area contributed by atoms with Gasteiger partial charge in [0.05, 0.1) is 0 Å². The highest BCUT2D eigenvalue weighted by atomic mass is 16.3. The van der Waals surface area contributed by atoms with E-state index in [9.17, 15) is 10.2 Å². The van der Waals surface area contributed by atoms with Crippen molar-refractivity contribution in [3.05, 3.63) is 23.8 Å². The Bertz CT molecular complexity index is 327. The highest BCUT2D eigenvalue weighted by Gasteiger charge is 2.15. The molecule has 0 saturated carbocycles. The molecule has 0 heterocycles. The van der Waals surface area contributed by atoms with Crippen molar-refractivity contribution in [1.29, 1.82) is 0 Å². The maximum atomic E-state index is 9.48. The number of benzene rings is 1.